The third-order valence-electron chi connectivity index (χ3n) is 2.11. The van der Waals surface area contributed by atoms with E-state index in [1.54, 1.807) is 18.5 Å². The van der Waals surface area contributed by atoms with Gasteiger partial charge in [0.15, 0.2) is 0 Å². The molecule has 0 radical (unpaired) electrons. The fourth-order valence-electron chi connectivity index (χ4n) is 1.36. The Hall–Kier alpha value is -1.88. The van der Waals surface area contributed by atoms with Gasteiger partial charge in [0.2, 0.25) is 0 Å². The highest BCUT2D eigenvalue weighted by Crippen LogP contribution is 2.11. The monoisotopic (exact) mass is 204 g/mol. The zero-order chi connectivity index (χ0) is 10.7. The number of aromatic nitrogens is 2. The highest BCUT2D eigenvalue weighted by atomic mass is 16.1. The molecule has 1 aromatic heterocycles. The fraction of sp³-hybridized carbons (Fsp3) is 0.200. The number of imidazole rings is 1. The maximum atomic E-state index is 11.6. The molecule has 15 heavy (non-hydrogen) atoms. The van der Waals surface area contributed by atoms with Gasteiger partial charge in [-0.3, -0.25) is 4.79 Å². The van der Waals surface area contributed by atoms with Gasteiger partial charge in [0.1, 0.15) is 0 Å². The van der Waals surface area contributed by atoms with Gasteiger partial charge in [-0.15, -0.1) is 0 Å². The summed E-state index contributed by atoms with van der Waals surface area (Å²) in [5.74, 6) is -0.114. The van der Waals surface area contributed by atoms with Gasteiger partial charge >= 0.3 is 0 Å². The van der Waals surface area contributed by atoms with Crippen LogP contribution in [0.2, 0.25) is 0 Å². The molecule has 5 heteroatoms. The Morgan fingerprint density at radius 1 is 1.53 bits per heavy atom. The Labute approximate surface area is 86.7 Å². The molecule has 0 bridgehead atoms. The van der Waals surface area contributed by atoms with E-state index >= 15 is 0 Å². The van der Waals surface area contributed by atoms with Crippen LogP contribution < -0.4 is 11.1 Å². The number of carbonyl (C=O) groups excluding carboxylic acids is 1. The summed E-state index contributed by atoms with van der Waals surface area (Å²) in [5.41, 5.74) is 7.62. The van der Waals surface area contributed by atoms with E-state index in [2.05, 4.69) is 15.3 Å². The number of aromatic amines is 1. The van der Waals surface area contributed by atoms with Crippen molar-refractivity contribution in [2.75, 3.05) is 13.1 Å². The van der Waals surface area contributed by atoms with E-state index in [4.69, 9.17) is 5.73 Å². The number of H-pyrrole nitrogens is 1. The minimum Gasteiger partial charge on any atom is -0.351 e. The first-order valence-corrected chi connectivity index (χ1v) is 4.72. The number of benzene rings is 1. The molecule has 4 N–H and O–H groups in total. The van der Waals surface area contributed by atoms with Crippen LogP contribution in [0.1, 0.15) is 10.4 Å². The third-order valence-corrected chi connectivity index (χ3v) is 2.11. The van der Waals surface area contributed by atoms with Crippen molar-refractivity contribution < 1.29 is 4.79 Å². The summed E-state index contributed by atoms with van der Waals surface area (Å²) >= 11 is 0. The summed E-state index contributed by atoms with van der Waals surface area (Å²) in [5, 5.41) is 2.71. The summed E-state index contributed by atoms with van der Waals surface area (Å²) in [4.78, 5) is 18.6. The SMILES string of the molecule is NCCNC(=O)c1ccc2nc[nH]c2c1. The molecule has 0 aliphatic heterocycles. The van der Waals surface area contributed by atoms with E-state index in [9.17, 15) is 4.79 Å². The zero-order valence-corrected chi connectivity index (χ0v) is 8.16. The summed E-state index contributed by atoms with van der Waals surface area (Å²) in [7, 11) is 0. The van der Waals surface area contributed by atoms with E-state index in [0.29, 0.717) is 18.7 Å². The second-order valence-corrected chi connectivity index (χ2v) is 3.18. The maximum absolute atomic E-state index is 11.6. The Morgan fingerprint density at radius 3 is 3.20 bits per heavy atom. The Kier molecular flexibility index (Phi) is 2.64. The number of amides is 1. The van der Waals surface area contributed by atoms with Crippen molar-refractivity contribution in [3.63, 3.8) is 0 Å². The number of hydrogen-bond acceptors (Lipinski definition) is 3. The normalized spacial score (nSPS) is 10.5. The molecular formula is C10H12N4O. The largest absolute Gasteiger partial charge is 0.351 e. The second kappa shape index (κ2) is 4.10. The number of carbonyl (C=O) groups is 1. The van der Waals surface area contributed by atoms with E-state index in [0.717, 1.165) is 11.0 Å². The number of nitrogens with two attached hydrogens (primary N) is 1. The average Bonchev–Trinajstić information content (AvgIpc) is 2.72. The van der Waals surface area contributed by atoms with Crippen LogP contribution in [0.15, 0.2) is 24.5 Å². The number of hydrogen-bond donors (Lipinski definition) is 3. The van der Waals surface area contributed by atoms with Crippen LogP contribution >= 0.6 is 0 Å². The molecular weight excluding hydrogens is 192 g/mol. The lowest BCUT2D eigenvalue weighted by Crippen LogP contribution is -2.28. The van der Waals surface area contributed by atoms with E-state index < -0.39 is 0 Å². The molecule has 0 spiro atoms. The summed E-state index contributed by atoms with van der Waals surface area (Å²) in [6, 6.07) is 5.33. The Balaban J connectivity index is 2.23. The highest BCUT2D eigenvalue weighted by molar-refractivity contribution is 5.97. The van der Waals surface area contributed by atoms with Gasteiger partial charge in [0.25, 0.3) is 5.91 Å². The van der Waals surface area contributed by atoms with E-state index in [1.807, 2.05) is 6.07 Å². The van der Waals surface area contributed by atoms with E-state index in [-0.39, 0.29) is 5.91 Å². The predicted octanol–water partition coefficient (Wildman–Crippen LogP) is 0.251. The summed E-state index contributed by atoms with van der Waals surface area (Å²) in [6.07, 6.45) is 1.60. The first kappa shape index (κ1) is 9.67. The van der Waals surface area contributed by atoms with Crippen molar-refractivity contribution in [3.8, 4) is 0 Å². The smallest absolute Gasteiger partial charge is 0.251 e. The first-order chi connectivity index (χ1) is 7.31. The van der Waals surface area contributed by atoms with Gasteiger partial charge in [-0.1, -0.05) is 0 Å². The molecule has 1 aromatic carbocycles. The van der Waals surface area contributed by atoms with Gasteiger partial charge in [0.05, 0.1) is 17.4 Å². The van der Waals surface area contributed by atoms with Crippen LogP contribution in [0.5, 0.6) is 0 Å². The molecule has 78 valence electrons. The standard InChI is InChI=1S/C10H12N4O/c11-3-4-12-10(15)7-1-2-8-9(5-7)14-6-13-8/h1-2,5-6H,3-4,11H2,(H,12,15)(H,13,14). The lowest BCUT2D eigenvalue weighted by molar-refractivity contribution is 0.0955. The number of fused-ring (bicyclic) bond motifs is 1. The third kappa shape index (κ3) is 1.97. The molecule has 0 fully saturated rings. The van der Waals surface area contributed by atoms with Gasteiger partial charge in [-0.05, 0) is 18.2 Å². The summed E-state index contributed by atoms with van der Waals surface area (Å²) < 4.78 is 0. The molecule has 2 aromatic rings. The van der Waals surface area contributed by atoms with Gasteiger partial charge in [-0.25, -0.2) is 4.98 Å². The first-order valence-electron chi connectivity index (χ1n) is 4.72. The second-order valence-electron chi connectivity index (χ2n) is 3.18. The van der Waals surface area contributed by atoms with Crippen molar-refractivity contribution in [1.82, 2.24) is 15.3 Å². The van der Waals surface area contributed by atoms with Crippen molar-refractivity contribution in [2.45, 2.75) is 0 Å². The Morgan fingerprint density at radius 2 is 2.40 bits per heavy atom. The minimum absolute atomic E-state index is 0.114. The summed E-state index contributed by atoms with van der Waals surface area (Å²) in [6.45, 7) is 0.928. The average molecular weight is 204 g/mol. The maximum Gasteiger partial charge on any atom is 0.251 e. The van der Waals surface area contributed by atoms with Crippen LogP contribution in [0, 0.1) is 0 Å². The van der Waals surface area contributed by atoms with Crippen LogP contribution in [0.3, 0.4) is 0 Å². The van der Waals surface area contributed by atoms with Gasteiger partial charge in [0, 0.05) is 18.7 Å². The molecule has 0 aliphatic rings. The molecule has 0 saturated heterocycles. The van der Waals surface area contributed by atoms with Crippen molar-refractivity contribution >= 4 is 16.9 Å². The zero-order valence-electron chi connectivity index (χ0n) is 8.16. The topological polar surface area (TPSA) is 83.8 Å². The number of nitrogens with one attached hydrogen (secondary N) is 2. The fourth-order valence-corrected chi connectivity index (χ4v) is 1.36. The lowest BCUT2D eigenvalue weighted by Gasteiger charge is -2.02. The number of rotatable bonds is 3. The molecule has 1 amide bonds. The lowest BCUT2D eigenvalue weighted by atomic mass is 10.2. The van der Waals surface area contributed by atoms with Crippen molar-refractivity contribution in [2.24, 2.45) is 5.73 Å². The highest BCUT2D eigenvalue weighted by Gasteiger charge is 2.05. The van der Waals surface area contributed by atoms with Crippen LogP contribution in [-0.4, -0.2) is 29.0 Å². The molecule has 2 rings (SSSR count). The van der Waals surface area contributed by atoms with Crippen molar-refractivity contribution in [1.29, 1.82) is 0 Å². The van der Waals surface area contributed by atoms with Crippen LogP contribution in [0.25, 0.3) is 11.0 Å². The van der Waals surface area contributed by atoms with Crippen molar-refractivity contribution in [3.05, 3.63) is 30.1 Å². The predicted molar refractivity (Wildman–Crippen MR) is 57.5 cm³/mol. The molecule has 1 heterocycles. The van der Waals surface area contributed by atoms with Gasteiger partial charge in [-0.2, -0.15) is 0 Å². The molecule has 0 unspecified atom stereocenters. The van der Waals surface area contributed by atoms with E-state index in [1.165, 1.54) is 0 Å². The van der Waals surface area contributed by atoms with Crippen LogP contribution in [-0.2, 0) is 0 Å². The molecule has 0 atom stereocenters. The Bertz CT molecular complexity index is 477. The quantitative estimate of drug-likeness (QED) is 0.670. The van der Waals surface area contributed by atoms with Crippen LogP contribution in [0.4, 0.5) is 0 Å². The minimum atomic E-state index is -0.114. The number of nitrogens with zero attached hydrogens (tertiary/aromatic N) is 1. The van der Waals surface area contributed by atoms with Gasteiger partial charge < -0.3 is 16.0 Å². The molecule has 5 nitrogen and oxygen atoms in total. The molecule has 0 aliphatic carbocycles. The molecule has 0 saturated carbocycles.